The normalized spacial score (nSPS) is 10.4. The summed E-state index contributed by atoms with van der Waals surface area (Å²) >= 11 is 2.42. The number of carbonyl (C=O) groups is 1. The zero-order valence-electron chi connectivity index (χ0n) is 32.0. The molecule has 276 valence electrons. The fourth-order valence-electron chi connectivity index (χ4n) is 4.42. The maximum absolute atomic E-state index is 11.8. The van der Waals surface area contributed by atoms with E-state index in [1.807, 2.05) is 60.7 Å². The number of halogens is 1. The molecule has 1 N–H and O–H groups in total. The molecule has 0 aliphatic rings. The first-order valence-corrected chi connectivity index (χ1v) is 26.3. The van der Waals surface area contributed by atoms with Gasteiger partial charge in [0.05, 0.1) is 14.7 Å². The second-order valence-corrected chi connectivity index (χ2v) is 25.5. The maximum atomic E-state index is 11.8. The molecule has 0 bridgehead atoms. The van der Waals surface area contributed by atoms with Crippen molar-refractivity contribution in [1.29, 1.82) is 0 Å². The predicted molar refractivity (Wildman–Crippen MR) is 208 cm³/mol. The fourth-order valence-corrected chi connectivity index (χ4v) is 7.83. The summed E-state index contributed by atoms with van der Waals surface area (Å²) in [7, 11) is -2.68. The third-order valence-electron chi connectivity index (χ3n) is 7.22. The number of esters is 1. The van der Waals surface area contributed by atoms with Gasteiger partial charge in [0.15, 0.2) is 17.4 Å². The van der Waals surface area contributed by atoms with E-state index in [1.165, 1.54) is 89.1 Å². The van der Waals surface area contributed by atoms with Gasteiger partial charge in [-0.2, -0.15) is 11.1 Å². The summed E-state index contributed by atoms with van der Waals surface area (Å²) in [6.45, 7) is 14.1. The van der Waals surface area contributed by atoms with E-state index in [4.69, 9.17) is 32.3 Å². The van der Waals surface area contributed by atoms with E-state index >= 15 is 0 Å². The molecule has 0 atom stereocenters. The van der Waals surface area contributed by atoms with Crippen LogP contribution < -0.4 is 18.9 Å². The van der Waals surface area contributed by atoms with Gasteiger partial charge < -0.3 is 11.3 Å². The van der Waals surface area contributed by atoms with Gasteiger partial charge in [0.25, 0.3) is 0 Å². The number of hydrogen-bond donors (Lipinski definition) is 1. The molecule has 0 amide bonds. The Kier molecular flexibility index (Phi) is 41.8. The number of aliphatic hydroxyl groups is 1. The van der Waals surface area contributed by atoms with Crippen LogP contribution in [0.1, 0.15) is 103 Å². The Balaban J connectivity index is -0.000000210. The number of unbranched alkanes of at least 4 members (excludes halogenated alkanes) is 10. The molecule has 0 fully saturated rings. The summed E-state index contributed by atoms with van der Waals surface area (Å²) in [5.41, 5.74) is 4.12. The Morgan fingerprint density at radius 1 is 0.735 bits per heavy atom. The standard InChI is InChI=1S/C20H32O2Si.C10H23ClSi.C7H8O.Al.Cr.Li.3O.4H/c1-4-5-6-7-8-12-16-23(2,3)17-15-20(21)22-18-19-13-10-9-11-14-19;1-4-5-6-7-8-9-10-12(2,3)11;8-6-7-4-2-1-3-5-7;;;;;;;;;;/h9-11,13-15,17H,4-8,12,16,18H2,1-3H3;4-10H2,1-3H3;1-5,8H,6H2;;;;;;;;;;/q;;;;;+1;;;;;;;-1/b17-15+;;;;;;;;;;;;. The van der Waals surface area contributed by atoms with Crippen LogP contribution in [0.3, 0.4) is 0 Å². The van der Waals surface area contributed by atoms with Crippen molar-refractivity contribution in [1.82, 2.24) is 0 Å². The molecule has 49 heavy (non-hydrogen) atoms. The van der Waals surface area contributed by atoms with Crippen LogP contribution in [0.5, 0.6) is 0 Å². The van der Waals surface area contributed by atoms with Crippen molar-refractivity contribution in [3.8, 4) is 0 Å². The monoisotopic (exact) mass is 784 g/mol. The average molecular weight is 785 g/mol. The van der Waals surface area contributed by atoms with Crippen molar-refractivity contribution in [2.24, 2.45) is 0 Å². The summed E-state index contributed by atoms with van der Waals surface area (Å²) in [4.78, 5) is 11.8. The van der Waals surface area contributed by atoms with E-state index in [-0.39, 0.29) is 50.2 Å². The third-order valence-corrected chi connectivity index (χ3v) is 12.0. The summed E-state index contributed by atoms with van der Waals surface area (Å²) in [5, 5.41) is 8.54. The van der Waals surface area contributed by atoms with Crippen molar-refractivity contribution in [3.63, 3.8) is 0 Å². The first-order valence-electron chi connectivity index (χ1n) is 17.3. The van der Waals surface area contributed by atoms with Crippen LogP contribution in [0.2, 0.25) is 38.3 Å². The molecule has 0 saturated carbocycles. The number of hydrogen-bond acceptors (Lipinski definition) is 6. The first kappa shape index (κ1) is 55.2. The minimum atomic E-state index is -3.79. The second-order valence-electron chi connectivity index (χ2n) is 13.0. The molecule has 2 aromatic rings. The SMILES string of the molecule is CCCCCCCC[Si](C)(C)/C=C/C(=O)OCc1ccccc1.CCCCCCCC[Si](C)(C)Cl.OCc1ccccc1.[AlH3].[H-].[Li+].[O]=[Cr](=[O])=[O]. The number of rotatable bonds is 19. The van der Waals surface area contributed by atoms with Crippen molar-refractivity contribution in [2.45, 2.75) is 142 Å². The Morgan fingerprint density at radius 2 is 1.12 bits per heavy atom. The Morgan fingerprint density at radius 3 is 1.51 bits per heavy atom. The summed E-state index contributed by atoms with van der Waals surface area (Å²) in [5.74, 6) is -0.225. The molecule has 6 nitrogen and oxygen atoms in total. The molecular formula is C37H67AlClCrLiO6Si2. The third kappa shape index (κ3) is 45.4. The molecule has 0 heterocycles. The number of ether oxygens (including phenoxy) is 1. The van der Waals surface area contributed by atoms with Gasteiger partial charge in [-0.05, 0) is 17.2 Å². The molecule has 0 spiro atoms. The number of aliphatic hydroxyl groups excluding tert-OH is 1. The van der Waals surface area contributed by atoms with Gasteiger partial charge in [0, 0.05) is 6.08 Å². The molecule has 2 aromatic carbocycles. The zero-order chi connectivity index (χ0) is 35.8. The van der Waals surface area contributed by atoms with Gasteiger partial charge in [-0.25, -0.2) is 4.79 Å². The Bertz CT molecular complexity index is 1150. The van der Waals surface area contributed by atoms with Crippen molar-refractivity contribution >= 4 is 49.9 Å². The van der Waals surface area contributed by atoms with Crippen molar-refractivity contribution < 1.29 is 60.3 Å². The summed E-state index contributed by atoms with van der Waals surface area (Å²) < 4.78 is 30.9. The quantitative estimate of drug-likeness (QED) is 0.0524. The molecular weight excluding hydrogens is 718 g/mol. The Labute approximate surface area is 333 Å². The van der Waals surface area contributed by atoms with E-state index < -0.39 is 29.4 Å². The summed E-state index contributed by atoms with van der Waals surface area (Å²) in [6.07, 6.45) is 17.9. The van der Waals surface area contributed by atoms with E-state index in [0.29, 0.717) is 6.61 Å². The number of carbonyl (C=O) groups excluding carboxylic acids is 1. The first-order chi connectivity index (χ1) is 22.3. The van der Waals surface area contributed by atoms with Crippen LogP contribution >= 0.6 is 11.1 Å². The van der Waals surface area contributed by atoms with Crippen LogP contribution in [0.15, 0.2) is 72.4 Å². The van der Waals surface area contributed by atoms with E-state index in [9.17, 15) is 4.79 Å². The zero-order valence-corrected chi connectivity index (χ0v) is 35.0. The molecule has 2 rings (SSSR count). The molecule has 0 aliphatic carbocycles. The van der Waals surface area contributed by atoms with Crippen LogP contribution in [0.4, 0.5) is 0 Å². The van der Waals surface area contributed by atoms with Crippen LogP contribution in [0.25, 0.3) is 0 Å². The minimum absolute atomic E-state index is 0. The van der Waals surface area contributed by atoms with E-state index in [2.05, 4.69) is 45.7 Å². The topological polar surface area (TPSA) is 97.7 Å². The molecule has 0 aromatic heterocycles. The predicted octanol–water partition coefficient (Wildman–Crippen LogP) is 7.44. The van der Waals surface area contributed by atoms with Crippen LogP contribution in [0, 0.1) is 0 Å². The fraction of sp³-hybridized carbons (Fsp3) is 0.595. The van der Waals surface area contributed by atoms with Gasteiger partial charge in [-0.1, -0.05) is 189 Å². The van der Waals surface area contributed by atoms with Gasteiger partial charge in [-0.15, -0.1) is 0 Å². The average Bonchev–Trinajstić information content (AvgIpc) is 3.03. The van der Waals surface area contributed by atoms with Gasteiger partial charge in [0.1, 0.15) is 14.0 Å². The molecule has 0 unspecified atom stereocenters. The van der Waals surface area contributed by atoms with Crippen LogP contribution in [-0.2, 0) is 48.1 Å². The Hall–Kier alpha value is -0.604. The van der Waals surface area contributed by atoms with Gasteiger partial charge in [0.2, 0.25) is 0 Å². The van der Waals surface area contributed by atoms with Crippen molar-refractivity contribution in [2.75, 3.05) is 0 Å². The van der Waals surface area contributed by atoms with Crippen LogP contribution in [-0.4, -0.2) is 43.9 Å². The van der Waals surface area contributed by atoms with Gasteiger partial charge >= 0.3 is 50.2 Å². The van der Waals surface area contributed by atoms with Gasteiger partial charge in [-0.3, -0.25) is 0 Å². The second kappa shape index (κ2) is 37.2. The van der Waals surface area contributed by atoms with E-state index in [1.54, 1.807) is 6.08 Å². The summed E-state index contributed by atoms with van der Waals surface area (Å²) in [6, 6.07) is 21.9. The molecule has 0 radical (unpaired) electrons. The molecule has 0 aliphatic heterocycles. The number of benzene rings is 2. The van der Waals surface area contributed by atoms with Crippen molar-refractivity contribution in [3.05, 3.63) is 83.6 Å². The molecule has 0 saturated heterocycles. The molecule has 12 heteroatoms. The van der Waals surface area contributed by atoms with E-state index in [0.717, 1.165) is 11.1 Å².